The number of rotatable bonds is 4. The molecule has 0 aliphatic heterocycles. The number of nitrogens with one attached hydrogen (secondary N) is 1. The van der Waals surface area contributed by atoms with Crippen LogP contribution in [0.15, 0.2) is 85.2 Å². The fourth-order valence-corrected chi connectivity index (χ4v) is 2.99. The fourth-order valence-electron chi connectivity index (χ4n) is 2.99. The van der Waals surface area contributed by atoms with E-state index < -0.39 is 0 Å². The van der Waals surface area contributed by atoms with Crippen LogP contribution in [-0.2, 0) is 6.54 Å². The topological polar surface area (TPSA) is 46.9 Å². The zero-order valence-corrected chi connectivity index (χ0v) is 13.6. The van der Waals surface area contributed by atoms with Crippen LogP contribution in [0.2, 0.25) is 0 Å². The molecule has 1 heterocycles. The predicted octanol–water partition coefficient (Wildman–Crippen LogP) is 3.96. The summed E-state index contributed by atoms with van der Waals surface area (Å²) in [7, 11) is 0. The monoisotopic (exact) mass is 327 g/mol. The van der Waals surface area contributed by atoms with Crippen LogP contribution in [0.3, 0.4) is 0 Å². The number of carbonyl (C=O) groups excluding carboxylic acids is 1. The summed E-state index contributed by atoms with van der Waals surface area (Å²) in [5.74, 6) is -0.112. The Kier molecular flexibility index (Phi) is 4.01. The molecule has 1 N–H and O–H groups in total. The standard InChI is InChI=1S/C21H17N3O/c25-21(19-11-3-4-12-20(19)24-14-6-13-23-24)22-15-17-9-5-8-16-7-1-2-10-18(16)17/h1-14H,15H2,(H,22,25). The van der Waals surface area contributed by atoms with Gasteiger partial charge in [-0.25, -0.2) is 4.68 Å². The molecule has 0 unspecified atom stereocenters. The average Bonchev–Trinajstić information content (AvgIpc) is 3.21. The van der Waals surface area contributed by atoms with Crippen LogP contribution in [0.25, 0.3) is 16.5 Å². The van der Waals surface area contributed by atoms with Crippen LogP contribution in [-0.4, -0.2) is 15.7 Å². The van der Waals surface area contributed by atoms with E-state index in [-0.39, 0.29) is 5.91 Å². The second-order valence-corrected chi connectivity index (χ2v) is 5.79. The predicted molar refractivity (Wildman–Crippen MR) is 98.7 cm³/mol. The van der Waals surface area contributed by atoms with Gasteiger partial charge in [0, 0.05) is 18.9 Å². The Balaban J connectivity index is 1.59. The molecule has 0 bridgehead atoms. The first kappa shape index (κ1) is 15.1. The first-order valence-corrected chi connectivity index (χ1v) is 8.17. The minimum atomic E-state index is -0.112. The van der Waals surface area contributed by atoms with Gasteiger partial charge in [-0.15, -0.1) is 0 Å². The molecule has 4 heteroatoms. The number of hydrogen-bond acceptors (Lipinski definition) is 2. The van der Waals surface area contributed by atoms with Crippen molar-refractivity contribution in [3.05, 3.63) is 96.3 Å². The Bertz CT molecular complexity index is 1020. The van der Waals surface area contributed by atoms with Crippen molar-refractivity contribution in [3.63, 3.8) is 0 Å². The van der Waals surface area contributed by atoms with E-state index in [2.05, 4.69) is 28.6 Å². The second kappa shape index (κ2) is 6.61. The minimum Gasteiger partial charge on any atom is -0.348 e. The summed E-state index contributed by atoms with van der Waals surface area (Å²) >= 11 is 0. The summed E-state index contributed by atoms with van der Waals surface area (Å²) in [6.45, 7) is 0.480. The van der Waals surface area contributed by atoms with Crippen molar-refractivity contribution in [3.8, 4) is 5.69 Å². The Morgan fingerprint density at radius 1 is 0.920 bits per heavy atom. The van der Waals surface area contributed by atoms with Crippen LogP contribution < -0.4 is 5.32 Å². The lowest BCUT2D eigenvalue weighted by atomic mass is 10.0. The Labute approximate surface area is 145 Å². The maximum absolute atomic E-state index is 12.7. The first-order valence-electron chi connectivity index (χ1n) is 8.17. The highest BCUT2D eigenvalue weighted by Crippen LogP contribution is 2.19. The summed E-state index contributed by atoms with van der Waals surface area (Å²) in [5, 5.41) is 9.59. The molecular formula is C21H17N3O. The smallest absolute Gasteiger partial charge is 0.253 e. The number of benzene rings is 3. The molecular weight excluding hydrogens is 310 g/mol. The van der Waals surface area contributed by atoms with Crippen molar-refractivity contribution < 1.29 is 4.79 Å². The molecule has 25 heavy (non-hydrogen) atoms. The molecule has 3 aromatic carbocycles. The summed E-state index contributed by atoms with van der Waals surface area (Å²) in [5.41, 5.74) is 2.47. The van der Waals surface area contributed by atoms with E-state index in [1.165, 1.54) is 5.39 Å². The van der Waals surface area contributed by atoms with Crippen molar-refractivity contribution in [2.24, 2.45) is 0 Å². The van der Waals surface area contributed by atoms with Gasteiger partial charge in [0.25, 0.3) is 5.91 Å². The SMILES string of the molecule is O=C(NCc1cccc2ccccc12)c1ccccc1-n1cccn1. The average molecular weight is 327 g/mol. The molecule has 0 radical (unpaired) electrons. The Morgan fingerprint density at radius 3 is 2.60 bits per heavy atom. The molecule has 122 valence electrons. The third-order valence-corrected chi connectivity index (χ3v) is 4.22. The Morgan fingerprint density at radius 2 is 1.72 bits per heavy atom. The number of amides is 1. The molecule has 4 rings (SSSR count). The van der Waals surface area contributed by atoms with Crippen molar-refractivity contribution in [1.29, 1.82) is 0 Å². The number of hydrogen-bond donors (Lipinski definition) is 1. The van der Waals surface area contributed by atoms with Gasteiger partial charge in [0.15, 0.2) is 0 Å². The third kappa shape index (κ3) is 3.02. The molecule has 1 amide bonds. The van der Waals surface area contributed by atoms with Crippen LogP contribution >= 0.6 is 0 Å². The fraction of sp³-hybridized carbons (Fsp3) is 0.0476. The van der Waals surface area contributed by atoms with E-state index in [4.69, 9.17) is 0 Å². The highest BCUT2D eigenvalue weighted by molar-refractivity contribution is 5.98. The lowest BCUT2D eigenvalue weighted by Crippen LogP contribution is -2.24. The normalized spacial score (nSPS) is 10.7. The molecule has 0 saturated heterocycles. The van der Waals surface area contributed by atoms with Crippen LogP contribution in [0.5, 0.6) is 0 Å². The zero-order valence-electron chi connectivity index (χ0n) is 13.6. The van der Waals surface area contributed by atoms with E-state index in [9.17, 15) is 4.79 Å². The molecule has 0 saturated carbocycles. The van der Waals surface area contributed by atoms with E-state index in [0.29, 0.717) is 12.1 Å². The van der Waals surface area contributed by atoms with Gasteiger partial charge >= 0.3 is 0 Å². The second-order valence-electron chi connectivity index (χ2n) is 5.79. The minimum absolute atomic E-state index is 0.112. The number of para-hydroxylation sites is 1. The molecule has 4 nitrogen and oxygen atoms in total. The highest BCUT2D eigenvalue weighted by Gasteiger charge is 2.12. The van der Waals surface area contributed by atoms with Gasteiger partial charge < -0.3 is 5.32 Å². The van der Waals surface area contributed by atoms with Gasteiger partial charge in [0.2, 0.25) is 0 Å². The number of aromatic nitrogens is 2. The van der Waals surface area contributed by atoms with Gasteiger partial charge in [0.05, 0.1) is 11.3 Å². The summed E-state index contributed by atoms with van der Waals surface area (Å²) in [6, 6.07) is 23.6. The quantitative estimate of drug-likeness (QED) is 0.617. The van der Waals surface area contributed by atoms with Gasteiger partial charge in [0.1, 0.15) is 0 Å². The molecule has 0 fully saturated rings. The lowest BCUT2D eigenvalue weighted by molar-refractivity contribution is 0.0951. The van der Waals surface area contributed by atoms with E-state index in [0.717, 1.165) is 16.6 Å². The molecule has 0 spiro atoms. The van der Waals surface area contributed by atoms with Crippen molar-refractivity contribution in [1.82, 2.24) is 15.1 Å². The molecule has 0 aliphatic carbocycles. The molecule has 1 aromatic heterocycles. The lowest BCUT2D eigenvalue weighted by Gasteiger charge is -2.11. The van der Waals surface area contributed by atoms with Gasteiger partial charge in [-0.05, 0) is 34.5 Å². The summed E-state index contributed by atoms with van der Waals surface area (Å²) < 4.78 is 1.70. The van der Waals surface area contributed by atoms with Gasteiger partial charge in [-0.3, -0.25) is 4.79 Å². The highest BCUT2D eigenvalue weighted by atomic mass is 16.1. The third-order valence-electron chi connectivity index (χ3n) is 4.22. The van der Waals surface area contributed by atoms with Gasteiger partial charge in [-0.1, -0.05) is 54.6 Å². The van der Waals surface area contributed by atoms with Crippen LogP contribution in [0.1, 0.15) is 15.9 Å². The van der Waals surface area contributed by atoms with Crippen molar-refractivity contribution in [2.75, 3.05) is 0 Å². The maximum Gasteiger partial charge on any atom is 0.253 e. The van der Waals surface area contributed by atoms with Crippen molar-refractivity contribution in [2.45, 2.75) is 6.54 Å². The molecule has 0 atom stereocenters. The number of carbonyl (C=O) groups is 1. The van der Waals surface area contributed by atoms with Gasteiger partial charge in [-0.2, -0.15) is 5.10 Å². The zero-order chi connectivity index (χ0) is 17.1. The van der Waals surface area contributed by atoms with E-state index in [1.54, 1.807) is 10.9 Å². The Hall–Kier alpha value is -3.40. The van der Waals surface area contributed by atoms with Crippen molar-refractivity contribution >= 4 is 16.7 Å². The maximum atomic E-state index is 12.7. The van der Waals surface area contributed by atoms with Crippen LogP contribution in [0.4, 0.5) is 0 Å². The number of fused-ring (bicyclic) bond motifs is 1. The van der Waals surface area contributed by atoms with E-state index in [1.807, 2.05) is 60.8 Å². The molecule has 0 aliphatic rings. The van der Waals surface area contributed by atoms with E-state index >= 15 is 0 Å². The first-order chi connectivity index (χ1) is 12.3. The summed E-state index contributed by atoms with van der Waals surface area (Å²) in [6.07, 6.45) is 3.53. The molecule has 4 aromatic rings. The van der Waals surface area contributed by atoms with Crippen LogP contribution in [0, 0.1) is 0 Å². The largest absolute Gasteiger partial charge is 0.348 e. The summed E-state index contributed by atoms with van der Waals surface area (Å²) in [4.78, 5) is 12.7. The number of nitrogens with zero attached hydrogens (tertiary/aromatic N) is 2.